The summed E-state index contributed by atoms with van der Waals surface area (Å²) in [6.07, 6.45) is -0.145. The van der Waals surface area contributed by atoms with Crippen molar-refractivity contribution >= 4 is 12.0 Å². The summed E-state index contributed by atoms with van der Waals surface area (Å²) < 4.78 is 12.9. The quantitative estimate of drug-likeness (QED) is 0.744. The molecule has 1 atom stereocenters. The van der Waals surface area contributed by atoms with Crippen LogP contribution in [-0.2, 0) is 11.3 Å². The van der Waals surface area contributed by atoms with Gasteiger partial charge in [0.2, 0.25) is 0 Å². The van der Waals surface area contributed by atoms with Gasteiger partial charge < -0.3 is 15.7 Å². The summed E-state index contributed by atoms with van der Waals surface area (Å²) in [5.74, 6) is -1.35. The first kappa shape index (κ1) is 14.0. The van der Waals surface area contributed by atoms with Gasteiger partial charge in [-0.2, -0.15) is 0 Å². The molecule has 2 amide bonds. The van der Waals surface area contributed by atoms with Crippen LogP contribution in [-0.4, -0.2) is 23.1 Å². The molecule has 0 spiro atoms. The van der Waals surface area contributed by atoms with E-state index in [-0.39, 0.29) is 18.8 Å². The van der Waals surface area contributed by atoms with E-state index >= 15 is 0 Å². The van der Waals surface area contributed by atoms with Crippen LogP contribution < -0.4 is 10.6 Å². The first-order valence-corrected chi connectivity index (χ1v) is 5.48. The van der Waals surface area contributed by atoms with Gasteiger partial charge in [0.15, 0.2) is 0 Å². The van der Waals surface area contributed by atoms with E-state index in [0.717, 1.165) is 0 Å². The van der Waals surface area contributed by atoms with Gasteiger partial charge >= 0.3 is 12.0 Å². The number of hydrogen-bond acceptors (Lipinski definition) is 2. The molecule has 0 fully saturated rings. The van der Waals surface area contributed by atoms with E-state index < -0.39 is 18.0 Å². The Morgan fingerprint density at radius 3 is 2.78 bits per heavy atom. The van der Waals surface area contributed by atoms with Crippen LogP contribution in [0.2, 0.25) is 0 Å². The Bertz CT molecular complexity index is 437. The number of amides is 2. The minimum Gasteiger partial charge on any atom is -0.481 e. The van der Waals surface area contributed by atoms with E-state index in [9.17, 15) is 14.0 Å². The molecule has 98 valence electrons. The lowest BCUT2D eigenvalue weighted by molar-refractivity contribution is -0.137. The molecule has 0 saturated carbocycles. The summed E-state index contributed by atoms with van der Waals surface area (Å²) in [5.41, 5.74) is 0.635. The highest BCUT2D eigenvalue weighted by molar-refractivity contribution is 5.75. The van der Waals surface area contributed by atoms with Gasteiger partial charge in [-0.25, -0.2) is 9.18 Å². The van der Waals surface area contributed by atoms with Gasteiger partial charge in [0.1, 0.15) is 5.82 Å². The number of carboxylic acid groups (broad SMARTS) is 1. The zero-order valence-corrected chi connectivity index (χ0v) is 9.94. The Morgan fingerprint density at radius 1 is 1.44 bits per heavy atom. The second kappa shape index (κ2) is 6.58. The standard InChI is InChI=1S/C12H15FN2O3/c1-8(5-11(16)17)15-12(18)14-7-9-3-2-4-10(13)6-9/h2-4,6,8H,5,7H2,1H3,(H,16,17)(H2,14,15,18). The minimum absolute atomic E-state index is 0.145. The zero-order valence-electron chi connectivity index (χ0n) is 9.94. The van der Waals surface area contributed by atoms with Crippen molar-refractivity contribution in [1.29, 1.82) is 0 Å². The maximum Gasteiger partial charge on any atom is 0.315 e. The predicted molar refractivity (Wildman–Crippen MR) is 63.5 cm³/mol. The van der Waals surface area contributed by atoms with E-state index in [2.05, 4.69) is 10.6 Å². The number of carboxylic acids is 1. The Labute approximate surface area is 104 Å². The Hall–Kier alpha value is -2.11. The number of benzene rings is 1. The number of nitrogens with one attached hydrogen (secondary N) is 2. The summed E-state index contributed by atoms with van der Waals surface area (Å²) in [4.78, 5) is 21.8. The number of urea groups is 1. The predicted octanol–water partition coefficient (Wildman–Crippen LogP) is 1.49. The maximum atomic E-state index is 12.9. The second-order valence-corrected chi connectivity index (χ2v) is 3.96. The van der Waals surface area contributed by atoms with Crippen LogP contribution in [0.5, 0.6) is 0 Å². The third-order valence-corrected chi connectivity index (χ3v) is 2.20. The molecule has 3 N–H and O–H groups in total. The summed E-state index contributed by atoms with van der Waals surface area (Å²) in [6, 6.07) is 4.93. The third kappa shape index (κ3) is 5.29. The van der Waals surface area contributed by atoms with Crippen LogP contribution in [0.1, 0.15) is 18.9 Å². The molecule has 0 aliphatic rings. The van der Waals surface area contributed by atoms with E-state index in [1.54, 1.807) is 19.1 Å². The number of aliphatic carboxylic acids is 1. The molecule has 18 heavy (non-hydrogen) atoms. The largest absolute Gasteiger partial charge is 0.481 e. The highest BCUT2D eigenvalue weighted by Gasteiger charge is 2.10. The summed E-state index contributed by atoms with van der Waals surface area (Å²) in [6.45, 7) is 1.78. The van der Waals surface area contributed by atoms with Gasteiger partial charge in [0.25, 0.3) is 0 Å². The van der Waals surface area contributed by atoms with Gasteiger partial charge in [-0.05, 0) is 24.6 Å². The molecule has 0 aliphatic heterocycles. The van der Waals surface area contributed by atoms with Crippen molar-refractivity contribution in [1.82, 2.24) is 10.6 Å². The van der Waals surface area contributed by atoms with E-state index in [1.165, 1.54) is 12.1 Å². The Morgan fingerprint density at radius 2 is 2.17 bits per heavy atom. The molecule has 1 aromatic carbocycles. The molecular weight excluding hydrogens is 239 g/mol. The Balaban J connectivity index is 2.35. The lowest BCUT2D eigenvalue weighted by Crippen LogP contribution is -2.41. The molecule has 0 aliphatic carbocycles. The van der Waals surface area contributed by atoms with E-state index in [4.69, 9.17) is 5.11 Å². The lowest BCUT2D eigenvalue weighted by atomic mass is 10.2. The third-order valence-electron chi connectivity index (χ3n) is 2.20. The van der Waals surface area contributed by atoms with Gasteiger partial charge in [-0.1, -0.05) is 12.1 Å². The molecule has 0 saturated heterocycles. The van der Waals surface area contributed by atoms with Crippen LogP contribution in [0.4, 0.5) is 9.18 Å². The highest BCUT2D eigenvalue weighted by Crippen LogP contribution is 2.02. The molecule has 1 aromatic rings. The summed E-state index contributed by atoms with van der Waals surface area (Å²) in [7, 11) is 0. The molecule has 0 aromatic heterocycles. The molecule has 5 nitrogen and oxygen atoms in total. The highest BCUT2D eigenvalue weighted by atomic mass is 19.1. The number of carbonyl (C=O) groups excluding carboxylic acids is 1. The van der Waals surface area contributed by atoms with Gasteiger partial charge in [-0.3, -0.25) is 4.79 Å². The fourth-order valence-corrected chi connectivity index (χ4v) is 1.42. The summed E-state index contributed by atoms with van der Waals surface area (Å²) >= 11 is 0. The van der Waals surface area contributed by atoms with Gasteiger partial charge in [0.05, 0.1) is 6.42 Å². The van der Waals surface area contributed by atoms with Crippen molar-refractivity contribution in [3.05, 3.63) is 35.6 Å². The van der Waals surface area contributed by atoms with Crippen molar-refractivity contribution in [2.45, 2.75) is 25.9 Å². The second-order valence-electron chi connectivity index (χ2n) is 3.96. The van der Waals surface area contributed by atoms with Crippen LogP contribution in [0.3, 0.4) is 0 Å². The normalized spacial score (nSPS) is 11.7. The first-order chi connectivity index (χ1) is 8.47. The molecular formula is C12H15FN2O3. The molecule has 1 unspecified atom stereocenters. The SMILES string of the molecule is CC(CC(=O)O)NC(=O)NCc1cccc(F)c1. The van der Waals surface area contributed by atoms with Crippen LogP contribution in [0.25, 0.3) is 0 Å². The minimum atomic E-state index is -0.979. The van der Waals surface area contributed by atoms with Crippen molar-refractivity contribution in [3.63, 3.8) is 0 Å². The topological polar surface area (TPSA) is 78.4 Å². The van der Waals surface area contributed by atoms with Crippen molar-refractivity contribution in [3.8, 4) is 0 Å². The molecule has 1 rings (SSSR count). The molecule has 6 heteroatoms. The van der Waals surface area contributed by atoms with E-state index in [1.807, 2.05) is 0 Å². The average Bonchev–Trinajstić information content (AvgIpc) is 2.25. The fourth-order valence-electron chi connectivity index (χ4n) is 1.42. The fraction of sp³-hybridized carbons (Fsp3) is 0.333. The van der Waals surface area contributed by atoms with Crippen molar-refractivity contribution in [2.24, 2.45) is 0 Å². The Kier molecular flexibility index (Phi) is 5.10. The van der Waals surface area contributed by atoms with Crippen molar-refractivity contribution in [2.75, 3.05) is 0 Å². The lowest BCUT2D eigenvalue weighted by Gasteiger charge is -2.12. The molecule has 0 bridgehead atoms. The van der Waals surface area contributed by atoms with Gasteiger partial charge in [-0.15, -0.1) is 0 Å². The monoisotopic (exact) mass is 254 g/mol. The first-order valence-electron chi connectivity index (χ1n) is 5.48. The number of hydrogen-bond donors (Lipinski definition) is 3. The van der Waals surface area contributed by atoms with Crippen LogP contribution in [0, 0.1) is 5.82 Å². The average molecular weight is 254 g/mol. The van der Waals surface area contributed by atoms with E-state index in [0.29, 0.717) is 5.56 Å². The smallest absolute Gasteiger partial charge is 0.315 e. The number of halogens is 1. The summed E-state index contributed by atoms with van der Waals surface area (Å²) in [5, 5.41) is 13.5. The number of rotatable bonds is 5. The number of carbonyl (C=O) groups is 2. The zero-order chi connectivity index (χ0) is 13.5. The van der Waals surface area contributed by atoms with Gasteiger partial charge in [0, 0.05) is 12.6 Å². The maximum absolute atomic E-state index is 12.9. The molecule has 0 radical (unpaired) electrons. The van der Waals surface area contributed by atoms with Crippen LogP contribution in [0.15, 0.2) is 24.3 Å². The van der Waals surface area contributed by atoms with Crippen molar-refractivity contribution < 1.29 is 19.1 Å². The van der Waals surface area contributed by atoms with Crippen LogP contribution >= 0.6 is 0 Å². The molecule has 0 heterocycles.